The monoisotopic (exact) mass is 283 g/mol. The molecular weight excluding hydrogens is 269 g/mol. The lowest BCUT2D eigenvalue weighted by Crippen LogP contribution is -2.27. The first kappa shape index (κ1) is 13.7. The highest BCUT2D eigenvalue weighted by atomic mass is 32.2. The van der Waals surface area contributed by atoms with Gasteiger partial charge in [-0.1, -0.05) is 12.1 Å². The zero-order chi connectivity index (χ0) is 14.0. The number of sulfonamides is 1. The first-order chi connectivity index (χ1) is 8.88. The van der Waals surface area contributed by atoms with Crippen molar-refractivity contribution in [3.05, 3.63) is 47.7 Å². The second-order valence-electron chi connectivity index (χ2n) is 4.23. The smallest absolute Gasteiger partial charge is 0.258 e. The molecule has 2 N–H and O–H groups in total. The van der Waals surface area contributed by atoms with E-state index < -0.39 is 21.9 Å². The topological polar surface area (TPSA) is 74.8 Å². The van der Waals surface area contributed by atoms with Gasteiger partial charge in [-0.15, -0.1) is 0 Å². The van der Waals surface area contributed by atoms with Crippen molar-refractivity contribution in [1.29, 1.82) is 0 Å². The average Bonchev–Trinajstić information content (AvgIpc) is 2.76. The maximum atomic E-state index is 13.1. The van der Waals surface area contributed by atoms with Crippen LogP contribution in [-0.2, 0) is 10.0 Å². The fourth-order valence-electron chi connectivity index (χ4n) is 1.68. The molecule has 0 bridgehead atoms. The van der Waals surface area contributed by atoms with Crippen LogP contribution in [0.25, 0.3) is 0 Å². The van der Waals surface area contributed by atoms with Crippen LogP contribution in [0.15, 0.2) is 35.5 Å². The maximum absolute atomic E-state index is 13.1. The number of rotatable bonds is 4. The predicted molar refractivity (Wildman–Crippen MR) is 68.5 cm³/mol. The van der Waals surface area contributed by atoms with Gasteiger partial charge in [-0.25, -0.2) is 22.5 Å². The Morgan fingerprint density at radius 1 is 1.42 bits per heavy atom. The molecule has 0 saturated carbocycles. The molecule has 0 fully saturated rings. The molecule has 0 spiro atoms. The van der Waals surface area contributed by atoms with Gasteiger partial charge in [-0.2, -0.15) is 0 Å². The summed E-state index contributed by atoms with van der Waals surface area (Å²) in [4.78, 5) is 6.49. The first-order valence-corrected chi connectivity index (χ1v) is 7.16. The molecule has 7 heteroatoms. The molecule has 1 heterocycles. The second kappa shape index (κ2) is 5.10. The van der Waals surface area contributed by atoms with E-state index in [9.17, 15) is 12.8 Å². The summed E-state index contributed by atoms with van der Waals surface area (Å²) in [5.41, 5.74) is 0.555. The highest BCUT2D eigenvalue weighted by Gasteiger charge is 2.20. The van der Waals surface area contributed by atoms with Crippen LogP contribution in [0.5, 0.6) is 0 Å². The van der Waals surface area contributed by atoms with Crippen LogP contribution in [0, 0.1) is 12.7 Å². The number of benzene rings is 1. The first-order valence-electron chi connectivity index (χ1n) is 5.68. The molecule has 1 unspecified atom stereocenters. The predicted octanol–water partition coefficient (Wildman–Crippen LogP) is 1.90. The van der Waals surface area contributed by atoms with Crippen molar-refractivity contribution < 1.29 is 12.8 Å². The van der Waals surface area contributed by atoms with Crippen LogP contribution in [0.2, 0.25) is 0 Å². The number of nitrogens with one attached hydrogen (secondary N) is 2. The van der Waals surface area contributed by atoms with E-state index in [1.54, 1.807) is 19.9 Å². The molecule has 1 aromatic carbocycles. The van der Waals surface area contributed by atoms with Crippen molar-refractivity contribution >= 4 is 10.0 Å². The van der Waals surface area contributed by atoms with Crippen molar-refractivity contribution in [2.45, 2.75) is 24.9 Å². The molecule has 19 heavy (non-hydrogen) atoms. The minimum absolute atomic E-state index is 0.00625. The molecule has 2 rings (SSSR count). The second-order valence-corrected chi connectivity index (χ2v) is 5.91. The zero-order valence-electron chi connectivity index (χ0n) is 10.5. The minimum Gasteiger partial charge on any atom is -0.332 e. The van der Waals surface area contributed by atoms with Gasteiger partial charge in [0.05, 0.1) is 6.20 Å². The van der Waals surface area contributed by atoms with Crippen LogP contribution < -0.4 is 4.72 Å². The summed E-state index contributed by atoms with van der Waals surface area (Å²) < 4.78 is 39.6. The molecule has 0 amide bonds. The Balaban J connectivity index is 2.21. The normalized spacial score (nSPS) is 13.4. The fourth-order valence-corrected chi connectivity index (χ4v) is 2.88. The Labute approximate surface area is 110 Å². The third-order valence-electron chi connectivity index (χ3n) is 2.65. The molecule has 0 aliphatic heterocycles. The highest BCUT2D eigenvalue weighted by molar-refractivity contribution is 7.89. The molecule has 0 radical (unpaired) electrons. The van der Waals surface area contributed by atoms with Gasteiger partial charge in [-0.05, 0) is 31.5 Å². The summed E-state index contributed by atoms with van der Waals surface area (Å²) in [7, 11) is -3.69. The third-order valence-corrected chi connectivity index (χ3v) is 4.10. The van der Waals surface area contributed by atoms with Gasteiger partial charge in [0.1, 0.15) is 11.6 Å². The molecule has 1 atom stereocenters. The number of hydrogen-bond donors (Lipinski definition) is 2. The van der Waals surface area contributed by atoms with Crippen LogP contribution in [0.4, 0.5) is 4.39 Å². The van der Waals surface area contributed by atoms with Crippen molar-refractivity contribution in [1.82, 2.24) is 14.7 Å². The van der Waals surface area contributed by atoms with Crippen LogP contribution >= 0.6 is 0 Å². The van der Waals surface area contributed by atoms with Gasteiger partial charge in [0.15, 0.2) is 5.03 Å². The van der Waals surface area contributed by atoms with E-state index in [1.807, 2.05) is 0 Å². The van der Waals surface area contributed by atoms with E-state index in [1.165, 1.54) is 24.4 Å². The number of aromatic amines is 1. The number of aryl methyl sites for hydroxylation is 1. The number of imidazole rings is 1. The van der Waals surface area contributed by atoms with Crippen molar-refractivity contribution in [2.24, 2.45) is 0 Å². The van der Waals surface area contributed by atoms with Crippen LogP contribution in [0.3, 0.4) is 0 Å². The van der Waals surface area contributed by atoms with Crippen LogP contribution in [-0.4, -0.2) is 18.4 Å². The Kier molecular flexibility index (Phi) is 3.68. The lowest BCUT2D eigenvalue weighted by molar-refractivity contribution is 0.561. The number of H-pyrrole nitrogens is 1. The van der Waals surface area contributed by atoms with Gasteiger partial charge < -0.3 is 4.98 Å². The molecule has 2 aromatic rings. The van der Waals surface area contributed by atoms with E-state index in [4.69, 9.17) is 0 Å². The van der Waals surface area contributed by atoms with Gasteiger partial charge in [0, 0.05) is 6.04 Å². The summed E-state index contributed by atoms with van der Waals surface area (Å²) in [6, 6.07) is 5.27. The standard InChI is InChI=1S/C12H14FN3O2S/c1-8(10-4-3-5-11(13)6-10)16-19(17,18)12-7-14-9(2)15-12/h3-8,16H,1-2H3,(H,14,15). The minimum atomic E-state index is -3.69. The molecule has 0 saturated heterocycles. The van der Waals surface area contributed by atoms with Crippen molar-refractivity contribution in [3.63, 3.8) is 0 Å². The molecule has 0 aliphatic carbocycles. The fraction of sp³-hybridized carbons (Fsp3) is 0.250. The Bertz CT molecular complexity index is 682. The number of nitrogens with zero attached hydrogens (tertiary/aromatic N) is 1. The molecule has 102 valence electrons. The van der Waals surface area contributed by atoms with Crippen LogP contribution in [0.1, 0.15) is 24.4 Å². The SMILES string of the molecule is Cc1ncc(S(=O)(=O)NC(C)c2cccc(F)c2)[nH]1. The molecular formula is C12H14FN3O2S. The lowest BCUT2D eigenvalue weighted by Gasteiger charge is -2.13. The maximum Gasteiger partial charge on any atom is 0.258 e. The van der Waals surface area contributed by atoms with Gasteiger partial charge in [0.25, 0.3) is 10.0 Å². The zero-order valence-corrected chi connectivity index (χ0v) is 11.3. The summed E-state index contributed by atoms with van der Waals surface area (Å²) >= 11 is 0. The number of halogens is 1. The van der Waals surface area contributed by atoms with E-state index in [0.29, 0.717) is 11.4 Å². The summed E-state index contributed by atoms with van der Waals surface area (Å²) in [5.74, 6) is 0.111. The Morgan fingerprint density at radius 2 is 2.16 bits per heavy atom. The van der Waals surface area contributed by atoms with E-state index in [2.05, 4.69) is 14.7 Å². The number of aromatic nitrogens is 2. The lowest BCUT2D eigenvalue weighted by atomic mass is 10.1. The molecule has 5 nitrogen and oxygen atoms in total. The molecule has 0 aliphatic rings. The summed E-state index contributed by atoms with van der Waals surface area (Å²) in [6.07, 6.45) is 1.25. The average molecular weight is 283 g/mol. The van der Waals surface area contributed by atoms with Gasteiger partial charge >= 0.3 is 0 Å². The largest absolute Gasteiger partial charge is 0.332 e. The highest BCUT2D eigenvalue weighted by Crippen LogP contribution is 2.16. The van der Waals surface area contributed by atoms with Gasteiger partial charge in [-0.3, -0.25) is 0 Å². The van der Waals surface area contributed by atoms with Crippen molar-refractivity contribution in [2.75, 3.05) is 0 Å². The van der Waals surface area contributed by atoms with E-state index in [0.717, 1.165) is 0 Å². The summed E-state index contributed by atoms with van der Waals surface area (Å²) in [6.45, 7) is 3.31. The van der Waals surface area contributed by atoms with Gasteiger partial charge in [0.2, 0.25) is 0 Å². The van der Waals surface area contributed by atoms with E-state index in [-0.39, 0.29) is 5.03 Å². The summed E-state index contributed by atoms with van der Waals surface area (Å²) in [5, 5.41) is -0.00625. The quantitative estimate of drug-likeness (QED) is 0.900. The Morgan fingerprint density at radius 3 is 2.74 bits per heavy atom. The Hall–Kier alpha value is -1.73. The van der Waals surface area contributed by atoms with E-state index >= 15 is 0 Å². The third kappa shape index (κ3) is 3.18. The number of hydrogen-bond acceptors (Lipinski definition) is 3. The molecule has 1 aromatic heterocycles. The van der Waals surface area contributed by atoms with Crippen molar-refractivity contribution in [3.8, 4) is 0 Å².